The van der Waals surface area contributed by atoms with E-state index in [1.54, 1.807) is 19.1 Å². The Hall–Kier alpha value is -2.39. The van der Waals surface area contributed by atoms with E-state index >= 15 is 0 Å². The molecule has 1 aromatic heterocycles. The first-order chi connectivity index (χ1) is 9.80. The molecule has 0 aliphatic rings. The zero-order valence-electron chi connectivity index (χ0n) is 11.0. The van der Waals surface area contributed by atoms with E-state index in [1.165, 1.54) is 18.4 Å². The number of primary sulfonamides is 1. The molecule has 2 aromatic rings. The lowest BCUT2D eigenvalue weighted by atomic mass is 10.2. The molecule has 0 spiro atoms. The quantitative estimate of drug-likeness (QED) is 0.642. The molecule has 0 saturated carbocycles. The number of nitrogens with two attached hydrogens (primary N) is 1. The number of nitrogens with zero attached hydrogens (tertiary/aromatic N) is 1. The molecule has 0 saturated heterocycles. The van der Waals surface area contributed by atoms with Crippen LogP contribution in [0.2, 0.25) is 0 Å². The van der Waals surface area contributed by atoms with Crippen LogP contribution >= 0.6 is 0 Å². The van der Waals surface area contributed by atoms with Gasteiger partial charge in [-0.25, -0.2) is 13.6 Å². The highest BCUT2D eigenvalue weighted by atomic mass is 32.2. The molecule has 0 fully saturated rings. The van der Waals surface area contributed by atoms with Crippen molar-refractivity contribution in [1.29, 1.82) is 0 Å². The van der Waals surface area contributed by atoms with Crippen LogP contribution in [-0.4, -0.2) is 13.3 Å². The molecule has 1 aromatic carbocycles. The molecule has 21 heavy (non-hydrogen) atoms. The van der Waals surface area contributed by atoms with Crippen molar-refractivity contribution in [2.75, 3.05) is 5.32 Å². The average molecular weight is 311 g/mol. The lowest BCUT2D eigenvalue weighted by Gasteiger charge is -2.14. The van der Waals surface area contributed by atoms with Crippen LogP contribution in [0.1, 0.15) is 18.7 Å². The van der Waals surface area contributed by atoms with Crippen molar-refractivity contribution < 1.29 is 17.8 Å². The van der Waals surface area contributed by atoms with Gasteiger partial charge in [-0.3, -0.25) is 10.1 Å². The van der Waals surface area contributed by atoms with Crippen molar-refractivity contribution >= 4 is 21.4 Å². The largest absolute Gasteiger partial charge is 0.467 e. The van der Waals surface area contributed by atoms with Crippen molar-refractivity contribution in [2.24, 2.45) is 5.14 Å². The Morgan fingerprint density at radius 3 is 2.57 bits per heavy atom. The fraction of sp³-hybridized carbons (Fsp3) is 0.167. The summed E-state index contributed by atoms with van der Waals surface area (Å²) in [5.41, 5.74) is -0.533. The van der Waals surface area contributed by atoms with Crippen LogP contribution in [0.5, 0.6) is 0 Å². The van der Waals surface area contributed by atoms with Gasteiger partial charge in [0.2, 0.25) is 10.0 Å². The van der Waals surface area contributed by atoms with Crippen LogP contribution in [-0.2, 0) is 10.0 Å². The second kappa shape index (κ2) is 5.54. The Labute approximate surface area is 120 Å². The van der Waals surface area contributed by atoms with Gasteiger partial charge in [0.1, 0.15) is 11.4 Å². The van der Waals surface area contributed by atoms with Gasteiger partial charge < -0.3 is 9.73 Å². The van der Waals surface area contributed by atoms with Crippen molar-refractivity contribution in [1.82, 2.24) is 0 Å². The van der Waals surface area contributed by atoms with Gasteiger partial charge in [-0.15, -0.1) is 0 Å². The normalized spacial score (nSPS) is 12.9. The Bertz CT molecular complexity index is 755. The molecule has 0 amide bonds. The molecule has 9 heteroatoms. The van der Waals surface area contributed by atoms with Gasteiger partial charge in [-0.1, -0.05) is 6.07 Å². The van der Waals surface area contributed by atoms with Crippen molar-refractivity contribution in [2.45, 2.75) is 17.9 Å². The zero-order chi connectivity index (χ0) is 15.6. The SMILES string of the molecule is CC(Nc1cccc(S(N)(=O)=O)c1[N+](=O)[O-])c1ccco1. The number of anilines is 1. The summed E-state index contributed by atoms with van der Waals surface area (Å²) in [4.78, 5) is 9.86. The van der Waals surface area contributed by atoms with Crippen LogP contribution in [0.4, 0.5) is 11.4 Å². The number of furan rings is 1. The molecule has 2 rings (SSSR count). The maximum atomic E-state index is 11.5. The number of sulfonamides is 1. The van der Waals surface area contributed by atoms with Crippen LogP contribution in [0.15, 0.2) is 45.9 Å². The minimum absolute atomic E-state index is 0.0513. The lowest BCUT2D eigenvalue weighted by Crippen LogP contribution is -2.16. The summed E-state index contributed by atoms with van der Waals surface area (Å²) in [5, 5.41) is 19.0. The number of benzene rings is 1. The molecular weight excluding hydrogens is 298 g/mol. The number of para-hydroxylation sites is 1. The first-order valence-electron chi connectivity index (χ1n) is 5.91. The molecule has 0 radical (unpaired) electrons. The maximum absolute atomic E-state index is 11.5. The molecule has 8 nitrogen and oxygen atoms in total. The van der Waals surface area contributed by atoms with Gasteiger partial charge in [0, 0.05) is 0 Å². The molecule has 1 heterocycles. The topological polar surface area (TPSA) is 128 Å². The molecule has 0 aliphatic heterocycles. The van der Waals surface area contributed by atoms with Crippen LogP contribution in [0.25, 0.3) is 0 Å². The van der Waals surface area contributed by atoms with Crippen LogP contribution in [0.3, 0.4) is 0 Å². The second-order valence-corrected chi connectivity index (χ2v) is 5.87. The fourth-order valence-corrected chi connectivity index (χ4v) is 2.62. The predicted molar refractivity (Wildman–Crippen MR) is 75.2 cm³/mol. The summed E-state index contributed by atoms with van der Waals surface area (Å²) < 4.78 is 28.1. The van der Waals surface area contributed by atoms with Gasteiger partial charge in [-0.05, 0) is 31.2 Å². The van der Waals surface area contributed by atoms with Gasteiger partial charge in [-0.2, -0.15) is 0 Å². The summed E-state index contributed by atoms with van der Waals surface area (Å²) in [6.07, 6.45) is 1.47. The van der Waals surface area contributed by atoms with Crippen molar-refractivity contribution in [3.63, 3.8) is 0 Å². The number of nitro groups is 1. The minimum Gasteiger partial charge on any atom is -0.467 e. The van der Waals surface area contributed by atoms with Crippen molar-refractivity contribution in [3.8, 4) is 0 Å². The number of hydrogen-bond acceptors (Lipinski definition) is 6. The molecule has 1 unspecified atom stereocenters. The molecule has 0 aliphatic carbocycles. The molecule has 1 atom stereocenters. The van der Waals surface area contributed by atoms with E-state index in [0.29, 0.717) is 5.76 Å². The predicted octanol–water partition coefficient (Wildman–Crippen LogP) is 2.01. The monoisotopic (exact) mass is 311 g/mol. The van der Waals surface area contributed by atoms with E-state index in [1.807, 2.05) is 0 Å². The van der Waals surface area contributed by atoms with Crippen molar-refractivity contribution in [3.05, 3.63) is 52.5 Å². The Kier molecular flexibility index (Phi) is 3.96. The van der Waals surface area contributed by atoms with Crippen LogP contribution < -0.4 is 10.5 Å². The average Bonchev–Trinajstić information content (AvgIpc) is 2.91. The standard InChI is InChI=1S/C12H13N3O5S/c1-8(10-5-3-7-20-10)14-9-4-2-6-11(21(13,18)19)12(9)15(16)17/h2-8,14H,1H3,(H2,13,18,19). The lowest BCUT2D eigenvalue weighted by molar-refractivity contribution is -0.386. The van der Waals surface area contributed by atoms with E-state index in [0.717, 1.165) is 6.07 Å². The van der Waals surface area contributed by atoms with Gasteiger partial charge in [0.05, 0.1) is 17.2 Å². The van der Waals surface area contributed by atoms with Gasteiger partial charge in [0.25, 0.3) is 0 Å². The molecular formula is C12H13N3O5S. The highest BCUT2D eigenvalue weighted by molar-refractivity contribution is 7.89. The van der Waals surface area contributed by atoms with E-state index in [2.05, 4.69) is 5.32 Å². The van der Waals surface area contributed by atoms with Gasteiger partial charge >= 0.3 is 5.69 Å². The number of hydrogen-bond donors (Lipinski definition) is 2. The van der Waals surface area contributed by atoms with E-state index in [4.69, 9.17) is 9.56 Å². The number of rotatable bonds is 5. The first-order valence-corrected chi connectivity index (χ1v) is 7.45. The molecule has 112 valence electrons. The Morgan fingerprint density at radius 1 is 1.33 bits per heavy atom. The summed E-state index contributed by atoms with van der Waals surface area (Å²) in [5.74, 6) is 0.560. The maximum Gasteiger partial charge on any atom is 0.312 e. The summed E-state index contributed by atoms with van der Waals surface area (Å²) >= 11 is 0. The number of nitro benzene ring substituents is 1. The molecule has 0 bridgehead atoms. The highest BCUT2D eigenvalue weighted by Gasteiger charge is 2.27. The smallest absolute Gasteiger partial charge is 0.312 e. The van der Waals surface area contributed by atoms with E-state index < -0.39 is 25.5 Å². The third-order valence-electron chi connectivity index (χ3n) is 2.83. The first kappa shape index (κ1) is 15.0. The minimum atomic E-state index is -4.20. The zero-order valence-corrected chi connectivity index (χ0v) is 11.8. The Balaban J connectivity index is 2.47. The van der Waals surface area contributed by atoms with Crippen LogP contribution in [0, 0.1) is 10.1 Å². The van der Waals surface area contributed by atoms with E-state index in [9.17, 15) is 18.5 Å². The summed E-state index contributed by atoms with van der Waals surface area (Å²) in [6.45, 7) is 1.73. The fourth-order valence-electron chi connectivity index (χ4n) is 1.90. The third-order valence-corrected chi connectivity index (χ3v) is 3.77. The number of nitrogens with one attached hydrogen (secondary N) is 1. The summed E-state index contributed by atoms with van der Waals surface area (Å²) in [7, 11) is -4.20. The van der Waals surface area contributed by atoms with Gasteiger partial charge in [0.15, 0.2) is 4.90 Å². The second-order valence-electron chi connectivity index (χ2n) is 4.34. The molecule has 3 N–H and O–H groups in total. The Morgan fingerprint density at radius 2 is 2.05 bits per heavy atom. The third kappa shape index (κ3) is 3.20. The summed E-state index contributed by atoms with van der Waals surface area (Å²) in [6, 6.07) is 6.89. The van der Waals surface area contributed by atoms with E-state index in [-0.39, 0.29) is 11.7 Å². The highest BCUT2D eigenvalue weighted by Crippen LogP contribution is 2.33.